The third-order valence-electron chi connectivity index (χ3n) is 8.61. The first-order chi connectivity index (χ1) is 20.2. The van der Waals surface area contributed by atoms with E-state index in [1.165, 1.54) is 41.5 Å². The Morgan fingerprint density at radius 1 is 0.878 bits per heavy atom. The fraction of sp³-hybridized carbons (Fsp3) is 0.486. The molecule has 1 aliphatic carbocycles. The third-order valence-corrected chi connectivity index (χ3v) is 8.61. The van der Waals surface area contributed by atoms with Crippen molar-refractivity contribution < 1.29 is 24.1 Å². The Kier molecular flexibility index (Phi) is 11.2. The van der Waals surface area contributed by atoms with Crippen LogP contribution in [0.5, 0.6) is 5.75 Å². The summed E-state index contributed by atoms with van der Waals surface area (Å²) in [6.07, 6.45) is 5.64. The Bertz CT molecular complexity index is 1170. The number of hydrogen-bond acceptors (Lipinski definition) is 6. The molecule has 3 aromatic carbocycles. The van der Waals surface area contributed by atoms with Crippen LogP contribution in [0.4, 0.5) is 0 Å². The number of ether oxygens (including phenoxy) is 4. The zero-order valence-corrected chi connectivity index (χ0v) is 24.3. The van der Waals surface area contributed by atoms with Crippen LogP contribution in [-0.2, 0) is 27.4 Å². The van der Waals surface area contributed by atoms with Gasteiger partial charge < -0.3 is 24.1 Å². The second-order valence-corrected chi connectivity index (χ2v) is 11.3. The predicted molar refractivity (Wildman–Crippen MR) is 161 cm³/mol. The topological polar surface area (TPSA) is 60.4 Å². The predicted octanol–water partition coefficient (Wildman–Crippen LogP) is 6.48. The average molecular weight is 560 g/mol. The van der Waals surface area contributed by atoms with E-state index in [0.717, 1.165) is 25.1 Å². The van der Waals surface area contributed by atoms with Crippen LogP contribution < -0.4 is 4.74 Å². The van der Waals surface area contributed by atoms with E-state index in [4.69, 9.17) is 18.9 Å². The molecule has 2 aliphatic rings. The van der Waals surface area contributed by atoms with Crippen molar-refractivity contribution in [2.24, 2.45) is 5.92 Å². The maximum absolute atomic E-state index is 9.85. The van der Waals surface area contributed by atoms with Gasteiger partial charge in [-0.15, -0.1) is 0 Å². The van der Waals surface area contributed by atoms with Gasteiger partial charge in [0.05, 0.1) is 45.4 Å². The van der Waals surface area contributed by atoms with Crippen LogP contribution in [0.1, 0.15) is 66.4 Å². The van der Waals surface area contributed by atoms with Gasteiger partial charge in [-0.25, -0.2) is 0 Å². The van der Waals surface area contributed by atoms with Crippen molar-refractivity contribution in [2.75, 3.05) is 40.1 Å². The van der Waals surface area contributed by atoms with Crippen molar-refractivity contribution in [2.45, 2.75) is 63.4 Å². The van der Waals surface area contributed by atoms with Crippen LogP contribution in [0, 0.1) is 5.92 Å². The molecule has 2 fully saturated rings. The van der Waals surface area contributed by atoms with Gasteiger partial charge in [0.15, 0.2) is 0 Å². The molecule has 6 heteroatoms. The SMILES string of the molecule is COC(c1ccccc1COC1CN(CO)CCC1c1ccc(OCCCOCc2ccccc2)cc1)C1CCC1. The van der Waals surface area contributed by atoms with E-state index in [0.29, 0.717) is 38.9 Å². The van der Waals surface area contributed by atoms with E-state index in [2.05, 4.69) is 65.6 Å². The van der Waals surface area contributed by atoms with E-state index < -0.39 is 0 Å². The van der Waals surface area contributed by atoms with Crippen molar-refractivity contribution >= 4 is 0 Å². The number of rotatable bonds is 15. The molecule has 0 radical (unpaired) electrons. The van der Waals surface area contributed by atoms with Crippen LogP contribution in [0.2, 0.25) is 0 Å². The van der Waals surface area contributed by atoms with E-state index in [9.17, 15) is 5.11 Å². The zero-order chi connectivity index (χ0) is 28.3. The molecule has 5 rings (SSSR count). The molecule has 0 bridgehead atoms. The molecule has 220 valence electrons. The number of aliphatic hydroxyl groups is 1. The standard InChI is InChI=1S/C35H45NO5/c1-38-35(29-12-7-13-29)33-14-6-5-11-30(33)25-41-34-23-36(26-37)20-19-32(34)28-15-17-31(18-16-28)40-22-8-21-39-24-27-9-3-2-4-10-27/h2-6,9-11,14-18,29,32,34-35,37H,7-8,12-13,19-26H2,1H3. The van der Waals surface area contributed by atoms with E-state index in [1.807, 2.05) is 25.3 Å². The van der Waals surface area contributed by atoms with Crippen LogP contribution in [0.15, 0.2) is 78.9 Å². The summed E-state index contributed by atoms with van der Waals surface area (Å²) in [5, 5.41) is 9.85. The molecule has 1 saturated heterocycles. The fourth-order valence-electron chi connectivity index (χ4n) is 6.04. The van der Waals surface area contributed by atoms with Gasteiger partial charge in [0.1, 0.15) is 5.75 Å². The molecular formula is C35H45NO5. The highest BCUT2D eigenvalue weighted by molar-refractivity contribution is 5.32. The van der Waals surface area contributed by atoms with Crippen LogP contribution >= 0.6 is 0 Å². The quantitative estimate of drug-likeness (QED) is 0.215. The Morgan fingerprint density at radius 3 is 2.39 bits per heavy atom. The van der Waals surface area contributed by atoms with Crippen LogP contribution in [0.25, 0.3) is 0 Å². The molecule has 1 aliphatic heterocycles. The van der Waals surface area contributed by atoms with Gasteiger partial charge in [-0.2, -0.15) is 0 Å². The van der Waals surface area contributed by atoms with Crippen molar-refractivity contribution in [1.29, 1.82) is 0 Å². The Morgan fingerprint density at radius 2 is 1.66 bits per heavy atom. The highest BCUT2D eigenvalue weighted by Gasteiger charge is 2.33. The van der Waals surface area contributed by atoms with E-state index in [1.54, 1.807) is 0 Å². The monoisotopic (exact) mass is 559 g/mol. The summed E-state index contributed by atoms with van der Waals surface area (Å²) in [6, 6.07) is 27.2. The van der Waals surface area contributed by atoms with Crippen LogP contribution in [-0.4, -0.2) is 56.3 Å². The first kappa shape index (κ1) is 29.7. The summed E-state index contributed by atoms with van der Waals surface area (Å²) < 4.78 is 24.4. The molecule has 0 amide bonds. The zero-order valence-electron chi connectivity index (χ0n) is 24.3. The van der Waals surface area contributed by atoms with Crippen molar-refractivity contribution in [3.63, 3.8) is 0 Å². The normalized spacial score (nSPS) is 20.4. The molecule has 41 heavy (non-hydrogen) atoms. The lowest BCUT2D eigenvalue weighted by Crippen LogP contribution is -2.44. The number of nitrogens with zero attached hydrogens (tertiary/aromatic N) is 1. The molecule has 3 aromatic rings. The van der Waals surface area contributed by atoms with Gasteiger partial charge >= 0.3 is 0 Å². The van der Waals surface area contributed by atoms with Gasteiger partial charge in [-0.3, -0.25) is 4.90 Å². The lowest BCUT2D eigenvalue weighted by atomic mass is 9.78. The summed E-state index contributed by atoms with van der Waals surface area (Å²) in [5.74, 6) is 1.73. The fourth-order valence-corrected chi connectivity index (χ4v) is 6.04. The van der Waals surface area contributed by atoms with Gasteiger partial charge in [-0.05, 0) is 59.6 Å². The van der Waals surface area contributed by atoms with E-state index in [-0.39, 0.29) is 24.9 Å². The van der Waals surface area contributed by atoms with Crippen LogP contribution in [0.3, 0.4) is 0 Å². The largest absolute Gasteiger partial charge is 0.494 e. The summed E-state index contributed by atoms with van der Waals surface area (Å²) >= 11 is 0. The Hall–Kier alpha value is -2.74. The highest BCUT2D eigenvalue weighted by atomic mass is 16.5. The maximum Gasteiger partial charge on any atom is 0.119 e. The highest BCUT2D eigenvalue weighted by Crippen LogP contribution is 2.41. The summed E-state index contributed by atoms with van der Waals surface area (Å²) in [4.78, 5) is 2.07. The first-order valence-corrected chi connectivity index (χ1v) is 15.1. The number of aliphatic hydroxyl groups excluding tert-OH is 1. The number of likely N-dealkylation sites (tertiary alicyclic amines) is 1. The molecule has 1 saturated carbocycles. The lowest BCUT2D eigenvalue weighted by molar-refractivity contribution is -0.0457. The maximum atomic E-state index is 9.85. The van der Waals surface area contributed by atoms with Gasteiger partial charge in [-0.1, -0.05) is 73.2 Å². The summed E-state index contributed by atoms with van der Waals surface area (Å²) in [7, 11) is 1.82. The minimum absolute atomic E-state index is 0.0119. The van der Waals surface area contributed by atoms with Gasteiger partial charge in [0.2, 0.25) is 0 Å². The minimum Gasteiger partial charge on any atom is -0.494 e. The van der Waals surface area contributed by atoms with Crippen molar-refractivity contribution in [3.05, 3.63) is 101 Å². The third kappa shape index (κ3) is 8.18. The second kappa shape index (κ2) is 15.5. The summed E-state index contributed by atoms with van der Waals surface area (Å²) in [5.41, 5.74) is 4.89. The first-order valence-electron chi connectivity index (χ1n) is 15.1. The summed E-state index contributed by atoms with van der Waals surface area (Å²) in [6.45, 7) is 4.08. The Balaban J connectivity index is 1.14. The molecule has 6 nitrogen and oxygen atoms in total. The number of piperidine rings is 1. The number of methoxy groups -OCH3 is 1. The average Bonchev–Trinajstić information content (AvgIpc) is 3.00. The molecule has 3 unspecified atom stereocenters. The second-order valence-electron chi connectivity index (χ2n) is 11.3. The van der Waals surface area contributed by atoms with Gasteiger partial charge in [0.25, 0.3) is 0 Å². The lowest BCUT2D eigenvalue weighted by Gasteiger charge is -2.38. The molecular weight excluding hydrogens is 514 g/mol. The molecule has 1 N–H and O–H groups in total. The molecule has 0 spiro atoms. The number of hydrogen-bond donors (Lipinski definition) is 1. The van der Waals surface area contributed by atoms with Crippen molar-refractivity contribution in [3.8, 4) is 5.75 Å². The molecule has 3 atom stereocenters. The molecule has 0 aromatic heterocycles. The van der Waals surface area contributed by atoms with Gasteiger partial charge in [0, 0.05) is 32.5 Å². The minimum atomic E-state index is -0.0119. The van der Waals surface area contributed by atoms with Crippen molar-refractivity contribution in [1.82, 2.24) is 4.90 Å². The number of benzene rings is 3. The smallest absolute Gasteiger partial charge is 0.119 e. The Labute approximate surface area is 245 Å². The van der Waals surface area contributed by atoms with E-state index >= 15 is 0 Å². The molecule has 1 heterocycles.